The quantitative estimate of drug-likeness (QED) is 0.756. The van der Waals surface area contributed by atoms with Crippen LogP contribution in [0, 0.1) is 0 Å². The Labute approximate surface area is 105 Å². The minimum absolute atomic E-state index is 0.311. The van der Waals surface area contributed by atoms with Crippen LogP contribution >= 0.6 is 12.2 Å². The SMILES string of the molecule is CC(=S)NC(=O)Nc1cccc2ccccc12. The van der Waals surface area contributed by atoms with Crippen molar-refractivity contribution in [3.63, 3.8) is 0 Å². The van der Waals surface area contributed by atoms with Gasteiger partial charge >= 0.3 is 6.03 Å². The number of rotatable bonds is 1. The first-order valence-electron chi connectivity index (χ1n) is 5.23. The highest BCUT2D eigenvalue weighted by molar-refractivity contribution is 7.80. The van der Waals surface area contributed by atoms with Gasteiger partial charge in [0.05, 0.1) is 10.7 Å². The Morgan fingerprint density at radius 1 is 1.12 bits per heavy atom. The first-order valence-corrected chi connectivity index (χ1v) is 5.64. The van der Waals surface area contributed by atoms with Crippen molar-refractivity contribution >= 4 is 39.7 Å². The summed E-state index contributed by atoms with van der Waals surface area (Å²) in [6.45, 7) is 1.66. The molecule has 17 heavy (non-hydrogen) atoms. The van der Waals surface area contributed by atoms with Gasteiger partial charge in [-0.05, 0) is 18.4 Å². The van der Waals surface area contributed by atoms with Crippen molar-refractivity contribution in [3.05, 3.63) is 42.5 Å². The van der Waals surface area contributed by atoms with E-state index in [1.54, 1.807) is 6.92 Å². The molecule has 0 unspecified atom stereocenters. The van der Waals surface area contributed by atoms with Crippen LogP contribution in [0.15, 0.2) is 42.5 Å². The third kappa shape index (κ3) is 2.79. The van der Waals surface area contributed by atoms with Gasteiger partial charge in [0, 0.05) is 5.39 Å². The zero-order chi connectivity index (χ0) is 12.3. The van der Waals surface area contributed by atoms with Gasteiger partial charge in [0.15, 0.2) is 0 Å². The molecule has 0 aliphatic rings. The van der Waals surface area contributed by atoms with Gasteiger partial charge in [-0.25, -0.2) is 4.79 Å². The second kappa shape index (κ2) is 4.93. The van der Waals surface area contributed by atoms with Gasteiger partial charge in [-0.1, -0.05) is 48.6 Å². The van der Waals surface area contributed by atoms with Crippen LogP contribution in [0.4, 0.5) is 10.5 Å². The third-order valence-electron chi connectivity index (χ3n) is 2.33. The molecule has 0 saturated carbocycles. The molecule has 2 N–H and O–H groups in total. The maximum Gasteiger partial charge on any atom is 0.324 e. The fourth-order valence-electron chi connectivity index (χ4n) is 1.65. The van der Waals surface area contributed by atoms with Crippen LogP contribution in [0.2, 0.25) is 0 Å². The van der Waals surface area contributed by atoms with Gasteiger partial charge in [-0.3, -0.25) is 0 Å². The van der Waals surface area contributed by atoms with Crippen molar-refractivity contribution in [2.45, 2.75) is 6.92 Å². The topological polar surface area (TPSA) is 41.1 Å². The van der Waals surface area contributed by atoms with Crippen LogP contribution in [-0.2, 0) is 0 Å². The van der Waals surface area contributed by atoms with Crippen LogP contribution in [0.5, 0.6) is 0 Å². The molecule has 0 aliphatic carbocycles. The highest BCUT2D eigenvalue weighted by Gasteiger charge is 2.04. The van der Waals surface area contributed by atoms with E-state index in [9.17, 15) is 4.79 Å². The molecule has 0 radical (unpaired) electrons. The van der Waals surface area contributed by atoms with Crippen molar-refractivity contribution in [1.82, 2.24) is 5.32 Å². The first kappa shape index (κ1) is 11.5. The molecule has 0 saturated heterocycles. The third-order valence-corrected chi connectivity index (χ3v) is 2.43. The Hall–Kier alpha value is -1.94. The normalized spacial score (nSPS) is 9.94. The lowest BCUT2D eigenvalue weighted by Gasteiger charge is -2.09. The Morgan fingerprint density at radius 3 is 2.59 bits per heavy atom. The molecule has 0 aliphatic heterocycles. The van der Waals surface area contributed by atoms with Crippen LogP contribution in [0.3, 0.4) is 0 Å². The van der Waals surface area contributed by atoms with Crippen molar-refractivity contribution in [3.8, 4) is 0 Å². The number of nitrogens with one attached hydrogen (secondary N) is 2. The predicted octanol–water partition coefficient (Wildman–Crippen LogP) is 3.31. The van der Waals surface area contributed by atoms with Crippen LogP contribution < -0.4 is 10.6 Å². The number of thiocarbonyl (C=S) groups is 1. The number of carbonyl (C=O) groups is 1. The summed E-state index contributed by atoms with van der Waals surface area (Å²) in [5.41, 5.74) is 0.775. The zero-order valence-corrected chi connectivity index (χ0v) is 10.2. The Morgan fingerprint density at radius 2 is 1.82 bits per heavy atom. The molecule has 4 heteroatoms. The average Bonchev–Trinajstić information content (AvgIpc) is 2.28. The molecule has 2 aromatic carbocycles. The van der Waals surface area contributed by atoms with Crippen LogP contribution in [-0.4, -0.2) is 11.0 Å². The number of hydrogen-bond donors (Lipinski definition) is 2. The Bertz CT molecular complexity index is 575. The smallest absolute Gasteiger partial charge is 0.307 e. The van der Waals surface area contributed by atoms with Crippen molar-refractivity contribution in [2.24, 2.45) is 0 Å². The lowest BCUT2D eigenvalue weighted by molar-refractivity contribution is 0.256. The fraction of sp³-hybridized carbons (Fsp3) is 0.0769. The molecule has 0 aromatic heterocycles. The van der Waals surface area contributed by atoms with E-state index in [0.29, 0.717) is 4.99 Å². The summed E-state index contributed by atoms with van der Waals surface area (Å²) in [4.78, 5) is 12.0. The van der Waals surface area contributed by atoms with Crippen molar-refractivity contribution in [2.75, 3.05) is 5.32 Å². The number of fused-ring (bicyclic) bond motifs is 1. The Kier molecular flexibility index (Phi) is 3.35. The molecule has 2 rings (SSSR count). The molecule has 86 valence electrons. The molecular formula is C13H12N2OS. The lowest BCUT2D eigenvalue weighted by atomic mass is 10.1. The summed E-state index contributed by atoms with van der Waals surface area (Å²) in [5.74, 6) is 0. The number of benzene rings is 2. The second-order valence-electron chi connectivity index (χ2n) is 3.66. The molecule has 0 spiro atoms. The van der Waals surface area contributed by atoms with Gasteiger partial charge in [0.1, 0.15) is 0 Å². The van der Waals surface area contributed by atoms with E-state index in [0.717, 1.165) is 16.5 Å². The minimum Gasteiger partial charge on any atom is -0.307 e. The van der Waals surface area contributed by atoms with Gasteiger partial charge in [-0.2, -0.15) is 0 Å². The summed E-state index contributed by atoms with van der Waals surface area (Å²) in [6, 6.07) is 13.3. The van der Waals surface area contributed by atoms with Crippen LogP contribution in [0.1, 0.15) is 6.92 Å². The monoisotopic (exact) mass is 244 g/mol. The van der Waals surface area contributed by atoms with E-state index in [1.807, 2.05) is 42.5 Å². The molecular weight excluding hydrogens is 232 g/mol. The van der Waals surface area contributed by atoms with Gasteiger partial charge < -0.3 is 10.6 Å². The lowest BCUT2D eigenvalue weighted by Crippen LogP contribution is -2.31. The fourth-order valence-corrected chi connectivity index (χ4v) is 1.74. The van der Waals surface area contributed by atoms with Gasteiger partial charge in [-0.15, -0.1) is 0 Å². The number of hydrogen-bond acceptors (Lipinski definition) is 2. The largest absolute Gasteiger partial charge is 0.324 e. The minimum atomic E-state index is -0.311. The van der Waals surface area contributed by atoms with Gasteiger partial charge in [0.2, 0.25) is 0 Å². The van der Waals surface area contributed by atoms with E-state index in [-0.39, 0.29) is 6.03 Å². The molecule has 0 atom stereocenters. The van der Waals surface area contributed by atoms with E-state index >= 15 is 0 Å². The molecule has 2 aromatic rings. The summed E-state index contributed by atoms with van der Waals surface area (Å²) in [7, 11) is 0. The molecule has 3 nitrogen and oxygen atoms in total. The maximum atomic E-state index is 11.6. The zero-order valence-electron chi connectivity index (χ0n) is 9.36. The maximum absolute atomic E-state index is 11.6. The highest BCUT2D eigenvalue weighted by atomic mass is 32.1. The second-order valence-corrected chi connectivity index (χ2v) is 4.27. The molecule has 0 fully saturated rings. The van der Waals surface area contributed by atoms with E-state index in [4.69, 9.17) is 12.2 Å². The van der Waals surface area contributed by atoms with Crippen molar-refractivity contribution < 1.29 is 4.79 Å². The molecule has 0 bridgehead atoms. The summed E-state index contributed by atoms with van der Waals surface area (Å²) >= 11 is 4.81. The van der Waals surface area contributed by atoms with E-state index in [2.05, 4.69) is 10.6 Å². The Balaban J connectivity index is 2.30. The predicted molar refractivity (Wildman–Crippen MR) is 74.4 cm³/mol. The van der Waals surface area contributed by atoms with Crippen LogP contribution in [0.25, 0.3) is 10.8 Å². The summed E-state index contributed by atoms with van der Waals surface area (Å²) < 4.78 is 0. The van der Waals surface area contributed by atoms with E-state index in [1.165, 1.54) is 0 Å². The highest BCUT2D eigenvalue weighted by Crippen LogP contribution is 2.22. The number of anilines is 1. The van der Waals surface area contributed by atoms with Gasteiger partial charge in [0.25, 0.3) is 0 Å². The molecule has 2 amide bonds. The summed E-state index contributed by atoms with van der Waals surface area (Å²) in [5, 5.41) is 7.41. The van der Waals surface area contributed by atoms with E-state index < -0.39 is 0 Å². The standard InChI is InChI=1S/C13H12N2OS/c1-9(17)14-13(16)15-12-8-4-6-10-5-2-3-7-11(10)12/h2-8H,1H3,(H2,14,15,16,17). The van der Waals surface area contributed by atoms with Crippen molar-refractivity contribution in [1.29, 1.82) is 0 Å². The summed E-state index contributed by atoms with van der Waals surface area (Å²) in [6.07, 6.45) is 0. The number of amides is 2. The average molecular weight is 244 g/mol. The first-order chi connectivity index (χ1) is 8.16. The number of urea groups is 1. The number of carbonyl (C=O) groups excluding carboxylic acids is 1. The molecule has 0 heterocycles.